The highest BCUT2D eigenvalue weighted by Crippen LogP contribution is 2.12. The van der Waals surface area contributed by atoms with E-state index in [1.807, 2.05) is 26.0 Å². The quantitative estimate of drug-likeness (QED) is 0.831. The van der Waals surface area contributed by atoms with Gasteiger partial charge in [0.25, 0.3) is 5.91 Å². The monoisotopic (exact) mass is 230 g/mol. The molecule has 1 aromatic carbocycles. The van der Waals surface area contributed by atoms with Gasteiger partial charge in [0, 0.05) is 17.0 Å². The highest BCUT2D eigenvalue weighted by atomic mass is 16.3. The maximum absolute atomic E-state index is 11.9. The maximum atomic E-state index is 11.9. The lowest BCUT2D eigenvalue weighted by molar-refractivity contribution is 0.101. The van der Waals surface area contributed by atoms with Crippen molar-refractivity contribution in [3.8, 4) is 5.75 Å². The SMILES string of the molecule is Cc1ccc(C)n1NC(=O)c1cccc(O)c1. The number of carbonyl (C=O) groups excluding carboxylic acids is 1. The molecule has 0 saturated carbocycles. The summed E-state index contributed by atoms with van der Waals surface area (Å²) in [4.78, 5) is 11.9. The first-order valence-corrected chi connectivity index (χ1v) is 5.33. The number of aromatic nitrogens is 1. The van der Waals surface area contributed by atoms with Crippen LogP contribution in [0, 0.1) is 13.8 Å². The molecule has 2 aromatic rings. The molecule has 1 aromatic heterocycles. The smallest absolute Gasteiger partial charge is 0.270 e. The Balaban J connectivity index is 2.23. The van der Waals surface area contributed by atoms with Crippen molar-refractivity contribution in [2.75, 3.05) is 5.43 Å². The lowest BCUT2D eigenvalue weighted by Crippen LogP contribution is -2.24. The van der Waals surface area contributed by atoms with Crippen molar-refractivity contribution >= 4 is 5.91 Å². The Morgan fingerprint density at radius 3 is 2.41 bits per heavy atom. The molecular weight excluding hydrogens is 216 g/mol. The fourth-order valence-corrected chi connectivity index (χ4v) is 1.66. The summed E-state index contributed by atoms with van der Waals surface area (Å²) in [5.74, 6) is -0.165. The van der Waals surface area contributed by atoms with Gasteiger partial charge in [-0.15, -0.1) is 0 Å². The van der Waals surface area contributed by atoms with Crippen LogP contribution in [0.1, 0.15) is 21.7 Å². The van der Waals surface area contributed by atoms with E-state index in [1.165, 1.54) is 12.1 Å². The van der Waals surface area contributed by atoms with E-state index in [1.54, 1.807) is 16.8 Å². The van der Waals surface area contributed by atoms with E-state index in [9.17, 15) is 9.90 Å². The van der Waals surface area contributed by atoms with Gasteiger partial charge >= 0.3 is 0 Å². The third-order valence-electron chi connectivity index (χ3n) is 2.59. The predicted octanol–water partition coefficient (Wildman–Crippen LogP) is 2.19. The topological polar surface area (TPSA) is 54.3 Å². The van der Waals surface area contributed by atoms with Crippen molar-refractivity contribution in [1.82, 2.24) is 4.68 Å². The number of hydrogen-bond acceptors (Lipinski definition) is 2. The van der Waals surface area contributed by atoms with Crippen molar-refractivity contribution in [1.29, 1.82) is 0 Å². The normalized spacial score (nSPS) is 10.2. The van der Waals surface area contributed by atoms with Crippen LogP contribution in [0.15, 0.2) is 36.4 Å². The number of nitrogens with one attached hydrogen (secondary N) is 1. The molecule has 0 unspecified atom stereocenters. The molecule has 0 aliphatic heterocycles. The molecule has 0 aliphatic carbocycles. The molecule has 0 spiro atoms. The van der Waals surface area contributed by atoms with Gasteiger partial charge < -0.3 is 5.11 Å². The molecule has 88 valence electrons. The highest BCUT2D eigenvalue weighted by molar-refractivity contribution is 6.00. The number of aromatic hydroxyl groups is 1. The Morgan fingerprint density at radius 1 is 1.18 bits per heavy atom. The van der Waals surface area contributed by atoms with Crippen LogP contribution in [0.25, 0.3) is 0 Å². The van der Waals surface area contributed by atoms with E-state index >= 15 is 0 Å². The second kappa shape index (κ2) is 4.33. The fraction of sp³-hybridized carbons (Fsp3) is 0.154. The third-order valence-corrected chi connectivity index (χ3v) is 2.59. The summed E-state index contributed by atoms with van der Waals surface area (Å²) in [7, 11) is 0. The molecule has 0 bridgehead atoms. The predicted molar refractivity (Wildman–Crippen MR) is 65.7 cm³/mol. The molecule has 2 rings (SSSR count). The summed E-state index contributed by atoms with van der Waals surface area (Å²) in [6.45, 7) is 3.82. The molecule has 0 radical (unpaired) electrons. The second-order valence-corrected chi connectivity index (χ2v) is 3.94. The van der Waals surface area contributed by atoms with Crippen LogP contribution in [-0.2, 0) is 0 Å². The molecule has 2 N–H and O–H groups in total. The number of amides is 1. The van der Waals surface area contributed by atoms with Crippen molar-refractivity contribution in [3.63, 3.8) is 0 Å². The van der Waals surface area contributed by atoms with Crippen molar-refractivity contribution in [2.24, 2.45) is 0 Å². The van der Waals surface area contributed by atoms with Crippen LogP contribution >= 0.6 is 0 Å². The summed E-state index contributed by atoms with van der Waals surface area (Å²) in [5, 5.41) is 9.31. The molecule has 4 heteroatoms. The van der Waals surface area contributed by atoms with Gasteiger partial charge in [0.1, 0.15) is 5.75 Å². The molecule has 1 heterocycles. The van der Waals surface area contributed by atoms with Gasteiger partial charge in [0.05, 0.1) is 0 Å². The largest absolute Gasteiger partial charge is 0.508 e. The zero-order valence-electron chi connectivity index (χ0n) is 9.77. The molecule has 0 aliphatic rings. The number of hydrogen-bond donors (Lipinski definition) is 2. The first-order valence-electron chi connectivity index (χ1n) is 5.33. The summed E-state index contributed by atoms with van der Waals surface area (Å²) >= 11 is 0. The van der Waals surface area contributed by atoms with E-state index in [0.29, 0.717) is 5.56 Å². The highest BCUT2D eigenvalue weighted by Gasteiger charge is 2.08. The number of phenols is 1. The Labute approximate surface area is 99.5 Å². The average Bonchev–Trinajstić information content (AvgIpc) is 2.61. The molecule has 1 amide bonds. The zero-order valence-corrected chi connectivity index (χ0v) is 9.77. The minimum atomic E-state index is -0.247. The lowest BCUT2D eigenvalue weighted by atomic mass is 10.2. The van der Waals surface area contributed by atoms with Crippen LogP contribution in [0.2, 0.25) is 0 Å². The summed E-state index contributed by atoms with van der Waals surface area (Å²) in [5.41, 5.74) is 5.11. The van der Waals surface area contributed by atoms with Crippen molar-refractivity contribution in [3.05, 3.63) is 53.3 Å². The van der Waals surface area contributed by atoms with Gasteiger partial charge in [-0.05, 0) is 44.2 Å². The minimum absolute atomic E-state index is 0.0820. The maximum Gasteiger partial charge on any atom is 0.270 e. The van der Waals surface area contributed by atoms with Crippen molar-refractivity contribution < 1.29 is 9.90 Å². The van der Waals surface area contributed by atoms with Crippen LogP contribution < -0.4 is 5.43 Å². The lowest BCUT2D eigenvalue weighted by Gasteiger charge is -2.11. The number of benzene rings is 1. The van der Waals surface area contributed by atoms with E-state index in [2.05, 4.69) is 5.43 Å². The van der Waals surface area contributed by atoms with E-state index in [-0.39, 0.29) is 11.7 Å². The Morgan fingerprint density at radius 2 is 1.82 bits per heavy atom. The summed E-state index contributed by atoms with van der Waals surface area (Å²) in [6.07, 6.45) is 0. The Kier molecular flexibility index (Phi) is 2.87. The molecule has 0 saturated heterocycles. The average molecular weight is 230 g/mol. The van der Waals surface area contributed by atoms with Gasteiger partial charge in [-0.3, -0.25) is 14.9 Å². The molecular formula is C13H14N2O2. The second-order valence-electron chi connectivity index (χ2n) is 3.94. The van der Waals surface area contributed by atoms with E-state index in [4.69, 9.17) is 0 Å². The van der Waals surface area contributed by atoms with Gasteiger partial charge in [-0.25, -0.2) is 0 Å². The summed E-state index contributed by atoms with van der Waals surface area (Å²) in [6, 6.07) is 10.1. The molecule has 4 nitrogen and oxygen atoms in total. The van der Waals surface area contributed by atoms with E-state index < -0.39 is 0 Å². The number of carbonyl (C=O) groups is 1. The molecule has 0 atom stereocenters. The van der Waals surface area contributed by atoms with Crippen LogP contribution in [-0.4, -0.2) is 15.7 Å². The third kappa shape index (κ3) is 2.30. The first-order chi connectivity index (χ1) is 8.08. The van der Waals surface area contributed by atoms with Gasteiger partial charge in [-0.1, -0.05) is 6.07 Å². The van der Waals surface area contributed by atoms with Gasteiger partial charge in [0.15, 0.2) is 0 Å². The fourth-order valence-electron chi connectivity index (χ4n) is 1.66. The zero-order chi connectivity index (χ0) is 12.4. The first kappa shape index (κ1) is 11.3. The van der Waals surface area contributed by atoms with Crippen LogP contribution in [0.4, 0.5) is 0 Å². The van der Waals surface area contributed by atoms with Crippen LogP contribution in [0.3, 0.4) is 0 Å². The van der Waals surface area contributed by atoms with Gasteiger partial charge in [0.2, 0.25) is 0 Å². The van der Waals surface area contributed by atoms with E-state index in [0.717, 1.165) is 11.4 Å². The number of aryl methyl sites for hydroxylation is 2. The Hall–Kier alpha value is -2.23. The number of nitrogens with zero attached hydrogens (tertiary/aromatic N) is 1. The Bertz CT molecular complexity index is 539. The van der Waals surface area contributed by atoms with Crippen molar-refractivity contribution in [2.45, 2.75) is 13.8 Å². The van der Waals surface area contributed by atoms with Gasteiger partial charge in [-0.2, -0.15) is 0 Å². The standard InChI is InChI=1S/C13H14N2O2/c1-9-6-7-10(2)15(9)14-13(17)11-4-3-5-12(16)8-11/h3-8,16H,1-2H3,(H,14,17). The number of phenolic OH excluding ortho intramolecular Hbond substituents is 1. The number of rotatable bonds is 2. The molecule has 0 fully saturated rings. The molecule has 17 heavy (non-hydrogen) atoms. The minimum Gasteiger partial charge on any atom is -0.508 e. The van der Waals surface area contributed by atoms with Crippen LogP contribution in [0.5, 0.6) is 5.75 Å². The summed E-state index contributed by atoms with van der Waals surface area (Å²) < 4.78 is 1.71.